The highest BCUT2D eigenvalue weighted by molar-refractivity contribution is 6.20. The lowest BCUT2D eigenvalue weighted by molar-refractivity contribution is 0.104. The maximum atomic E-state index is 13.8. The van der Waals surface area contributed by atoms with Crippen molar-refractivity contribution in [1.29, 1.82) is 0 Å². The van der Waals surface area contributed by atoms with Crippen LogP contribution in [-0.4, -0.2) is 10.8 Å². The second-order valence-electron chi connectivity index (χ2n) is 7.64. The van der Waals surface area contributed by atoms with Gasteiger partial charge in [0.25, 0.3) is 0 Å². The molecule has 1 heterocycles. The summed E-state index contributed by atoms with van der Waals surface area (Å²) in [6.45, 7) is 2.08. The van der Waals surface area contributed by atoms with Crippen LogP contribution in [0.4, 0.5) is 0 Å². The van der Waals surface area contributed by atoms with Crippen LogP contribution in [0, 0.1) is 6.92 Å². The van der Waals surface area contributed by atoms with E-state index in [0.29, 0.717) is 11.1 Å². The molecule has 2 nitrogen and oxygen atoms in total. The Morgan fingerprint density at radius 1 is 0.677 bits per heavy atom. The normalized spacial score (nSPS) is 10.9. The summed E-state index contributed by atoms with van der Waals surface area (Å²) in [4.78, 5) is 18.8. The molecule has 0 amide bonds. The molecular weight excluding hydrogens is 378 g/mol. The van der Waals surface area contributed by atoms with Crippen LogP contribution < -0.4 is 0 Å². The maximum Gasteiger partial charge on any atom is 0.195 e. The van der Waals surface area contributed by atoms with Gasteiger partial charge < -0.3 is 0 Å². The standard InChI is InChI=1S/C29H21NO/c1-20-19-26(22-13-7-3-8-14-22)30-28-24(20)17-18-25(21-11-5-2-6-12-21)27(28)29(31)23-15-9-4-10-16-23/h2-19H,1H3. The number of rotatable bonds is 4. The molecular formula is C29H21NO. The number of nitrogens with zero attached hydrogens (tertiary/aromatic N) is 1. The molecule has 0 fully saturated rings. The third kappa shape index (κ3) is 3.53. The summed E-state index contributed by atoms with van der Waals surface area (Å²) >= 11 is 0. The van der Waals surface area contributed by atoms with Gasteiger partial charge in [-0.15, -0.1) is 0 Å². The summed E-state index contributed by atoms with van der Waals surface area (Å²) in [7, 11) is 0. The smallest absolute Gasteiger partial charge is 0.195 e. The zero-order valence-corrected chi connectivity index (χ0v) is 17.2. The van der Waals surface area contributed by atoms with Crippen molar-refractivity contribution in [3.8, 4) is 22.4 Å². The first-order valence-electron chi connectivity index (χ1n) is 10.4. The Morgan fingerprint density at radius 3 is 1.90 bits per heavy atom. The number of benzene rings is 4. The zero-order valence-electron chi connectivity index (χ0n) is 17.2. The summed E-state index contributed by atoms with van der Waals surface area (Å²) in [6, 6.07) is 35.8. The number of fused-ring (bicyclic) bond motifs is 1. The molecule has 5 aromatic rings. The molecule has 0 saturated carbocycles. The number of pyridine rings is 1. The van der Waals surface area contributed by atoms with E-state index in [4.69, 9.17) is 4.98 Å². The average molecular weight is 399 g/mol. The second kappa shape index (κ2) is 8.00. The molecule has 0 bridgehead atoms. The second-order valence-corrected chi connectivity index (χ2v) is 7.64. The molecule has 0 atom stereocenters. The summed E-state index contributed by atoms with van der Waals surface area (Å²) in [5.41, 5.74) is 6.98. The third-order valence-corrected chi connectivity index (χ3v) is 5.61. The van der Waals surface area contributed by atoms with Crippen molar-refractivity contribution in [2.75, 3.05) is 0 Å². The van der Waals surface area contributed by atoms with Crippen molar-refractivity contribution in [3.05, 3.63) is 126 Å². The highest BCUT2D eigenvalue weighted by Crippen LogP contribution is 2.34. The molecule has 0 radical (unpaired) electrons. The Hall–Kier alpha value is -4.04. The number of aryl methyl sites for hydroxylation is 1. The minimum absolute atomic E-state index is 0.0119. The van der Waals surface area contributed by atoms with E-state index in [0.717, 1.165) is 38.9 Å². The molecule has 1 aromatic heterocycles. The number of aromatic nitrogens is 1. The predicted molar refractivity (Wildman–Crippen MR) is 127 cm³/mol. The average Bonchev–Trinajstić information content (AvgIpc) is 2.84. The molecule has 0 aliphatic rings. The third-order valence-electron chi connectivity index (χ3n) is 5.61. The molecule has 0 aliphatic carbocycles. The molecule has 0 spiro atoms. The summed E-state index contributed by atoms with van der Waals surface area (Å²) in [5, 5.41) is 0.999. The van der Waals surface area contributed by atoms with Crippen LogP contribution in [0.1, 0.15) is 21.5 Å². The van der Waals surface area contributed by atoms with Gasteiger partial charge in [0.1, 0.15) is 0 Å². The van der Waals surface area contributed by atoms with E-state index in [1.807, 2.05) is 97.1 Å². The summed E-state index contributed by atoms with van der Waals surface area (Å²) in [6.07, 6.45) is 0. The fourth-order valence-corrected chi connectivity index (χ4v) is 4.04. The Kier molecular flexibility index (Phi) is 4.89. The lowest BCUT2D eigenvalue weighted by atomic mass is 9.90. The van der Waals surface area contributed by atoms with Gasteiger partial charge in [-0.25, -0.2) is 4.98 Å². The Morgan fingerprint density at radius 2 is 1.26 bits per heavy atom. The van der Waals surface area contributed by atoms with Gasteiger partial charge in [-0.05, 0) is 29.7 Å². The maximum absolute atomic E-state index is 13.8. The highest BCUT2D eigenvalue weighted by atomic mass is 16.1. The lowest BCUT2D eigenvalue weighted by Gasteiger charge is -2.15. The monoisotopic (exact) mass is 399 g/mol. The fraction of sp³-hybridized carbons (Fsp3) is 0.0345. The number of hydrogen-bond acceptors (Lipinski definition) is 2. The van der Waals surface area contributed by atoms with E-state index < -0.39 is 0 Å². The van der Waals surface area contributed by atoms with Crippen molar-refractivity contribution in [1.82, 2.24) is 4.98 Å². The molecule has 0 aliphatic heterocycles. The van der Waals surface area contributed by atoms with Gasteiger partial charge in [-0.1, -0.05) is 103 Å². The van der Waals surface area contributed by atoms with Crippen LogP contribution in [0.25, 0.3) is 33.3 Å². The van der Waals surface area contributed by atoms with Crippen LogP contribution in [0.5, 0.6) is 0 Å². The number of carbonyl (C=O) groups excluding carboxylic acids is 1. The first kappa shape index (κ1) is 19.0. The van der Waals surface area contributed by atoms with Crippen LogP contribution >= 0.6 is 0 Å². The highest BCUT2D eigenvalue weighted by Gasteiger charge is 2.21. The fourth-order valence-electron chi connectivity index (χ4n) is 4.04. The zero-order chi connectivity index (χ0) is 21.2. The van der Waals surface area contributed by atoms with Gasteiger partial charge in [-0.3, -0.25) is 4.79 Å². The van der Waals surface area contributed by atoms with E-state index in [-0.39, 0.29) is 5.78 Å². The Balaban J connectivity index is 1.84. The van der Waals surface area contributed by atoms with E-state index in [1.165, 1.54) is 0 Å². The van der Waals surface area contributed by atoms with Crippen molar-refractivity contribution < 1.29 is 4.79 Å². The van der Waals surface area contributed by atoms with E-state index in [9.17, 15) is 4.79 Å². The van der Waals surface area contributed by atoms with Gasteiger partial charge in [0.05, 0.1) is 16.8 Å². The molecule has 4 aromatic carbocycles. The van der Waals surface area contributed by atoms with Gasteiger partial charge in [0.2, 0.25) is 0 Å². The molecule has 0 saturated heterocycles. The SMILES string of the molecule is Cc1cc(-c2ccccc2)nc2c(C(=O)c3ccccc3)c(-c3ccccc3)ccc12. The minimum Gasteiger partial charge on any atom is -0.289 e. The van der Waals surface area contributed by atoms with Gasteiger partial charge >= 0.3 is 0 Å². The van der Waals surface area contributed by atoms with E-state index in [1.54, 1.807) is 0 Å². The first-order valence-corrected chi connectivity index (χ1v) is 10.4. The molecule has 31 heavy (non-hydrogen) atoms. The number of hydrogen-bond donors (Lipinski definition) is 0. The van der Waals surface area contributed by atoms with Crippen LogP contribution in [0.2, 0.25) is 0 Å². The molecule has 148 valence electrons. The van der Waals surface area contributed by atoms with Crippen molar-refractivity contribution in [3.63, 3.8) is 0 Å². The summed E-state index contributed by atoms with van der Waals surface area (Å²) < 4.78 is 0. The van der Waals surface area contributed by atoms with Gasteiger partial charge in [-0.2, -0.15) is 0 Å². The number of carbonyl (C=O) groups is 1. The lowest BCUT2D eigenvalue weighted by Crippen LogP contribution is -2.06. The van der Waals surface area contributed by atoms with Crippen molar-refractivity contribution >= 4 is 16.7 Å². The first-order chi connectivity index (χ1) is 15.2. The van der Waals surface area contributed by atoms with Gasteiger partial charge in [0.15, 0.2) is 5.78 Å². The number of ketones is 1. The molecule has 0 N–H and O–H groups in total. The molecule has 5 rings (SSSR count). The molecule has 2 heteroatoms. The largest absolute Gasteiger partial charge is 0.289 e. The Bertz CT molecular complexity index is 1370. The molecule has 0 unspecified atom stereocenters. The predicted octanol–water partition coefficient (Wildman–Crippen LogP) is 7.11. The van der Waals surface area contributed by atoms with E-state index >= 15 is 0 Å². The minimum atomic E-state index is -0.0119. The van der Waals surface area contributed by atoms with Crippen LogP contribution in [0.3, 0.4) is 0 Å². The topological polar surface area (TPSA) is 30.0 Å². The summed E-state index contributed by atoms with van der Waals surface area (Å²) in [5.74, 6) is -0.0119. The van der Waals surface area contributed by atoms with E-state index in [2.05, 4.69) is 19.1 Å². The van der Waals surface area contributed by atoms with Crippen molar-refractivity contribution in [2.24, 2.45) is 0 Å². The Labute approximate surface area is 181 Å². The van der Waals surface area contributed by atoms with Crippen LogP contribution in [-0.2, 0) is 0 Å². The van der Waals surface area contributed by atoms with Gasteiger partial charge in [0, 0.05) is 16.5 Å². The van der Waals surface area contributed by atoms with Crippen LogP contribution in [0.15, 0.2) is 109 Å². The quantitative estimate of drug-likeness (QED) is 0.301. The van der Waals surface area contributed by atoms with Crippen molar-refractivity contribution in [2.45, 2.75) is 6.92 Å².